The Hall–Kier alpha value is -5.52. The van der Waals surface area contributed by atoms with Gasteiger partial charge in [0.25, 0.3) is 11.8 Å². The molecule has 7 rings (SSSR count). The van der Waals surface area contributed by atoms with Crippen LogP contribution in [0, 0.1) is 0 Å². The average molecular weight is 863 g/mol. The van der Waals surface area contributed by atoms with Gasteiger partial charge in [0, 0.05) is 56.4 Å². The molecule has 0 bridgehead atoms. The highest BCUT2D eigenvalue weighted by atomic mass is 35.5. The monoisotopic (exact) mass is 862 g/mol. The van der Waals surface area contributed by atoms with Gasteiger partial charge in [-0.2, -0.15) is 4.98 Å². The standard InChI is InChI=1S/C39H40ClN8O9PS/c1-55-29-19-23(11-12-26(29)44-39-41-20-25(40)35(46-39)43-27-8-4-5-9-30(27)58(54,56-2)57-3)47-17-15-22(16-18-47)42-33(50)21-59-31-10-6-7-24-34(31)38(53)48(37(24)52)28-13-14-32(49)45-36(28)51/h4-12,19-20,22,28H,13-18,21H2,1-3H3,(H,42,50)(H,45,49,51)(H2,41,43,44,46). The second-order valence-electron chi connectivity index (χ2n) is 13.6. The normalized spacial score (nSPS) is 17.1. The van der Waals surface area contributed by atoms with E-state index in [9.17, 15) is 28.5 Å². The molecule has 5 amide bonds. The predicted octanol–water partition coefficient (Wildman–Crippen LogP) is 5.02. The molecule has 1 aromatic heterocycles. The van der Waals surface area contributed by atoms with E-state index in [-0.39, 0.29) is 58.5 Å². The number of fused-ring (bicyclic) bond motifs is 1. The quantitative estimate of drug-likeness (QED) is 0.0746. The third kappa shape index (κ3) is 8.77. The number of thioether (sulfide) groups is 1. The molecule has 20 heteroatoms. The van der Waals surface area contributed by atoms with Crippen LogP contribution in [-0.4, -0.2) is 96.7 Å². The molecule has 59 heavy (non-hydrogen) atoms. The van der Waals surface area contributed by atoms with Crippen molar-refractivity contribution in [2.45, 2.75) is 42.7 Å². The van der Waals surface area contributed by atoms with Gasteiger partial charge in [0.05, 0.1) is 46.9 Å². The van der Waals surface area contributed by atoms with Crippen molar-refractivity contribution in [3.05, 3.63) is 83.0 Å². The number of nitrogens with one attached hydrogen (secondary N) is 4. The third-order valence-electron chi connectivity index (χ3n) is 10.1. The Morgan fingerprint density at radius 2 is 1.71 bits per heavy atom. The molecule has 308 valence electrons. The number of benzene rings is 3. The maximum atomic E-state index is 13.4. The first-order chi connectivity index (χ1) is 28.4. The molecule has 0 radical (unpaired) electrons. The van der Waals surface area contributed by atoms with Crippen molar-refractivity contribution in [1.29, 1.82) is 0 Å². The molecule has 4 N–H and O–H groups in total. The van der Waals surface area contributed by atoms with E-state index in [1.165, 1.54) is 26.5 Å². The van der Waals surface area contributed by atoms with Crippen molar-refractivity contribution in [3.8, 4) is 5.75 Å². The summed E-state index contributed by atoms with van der Waals surface area (Å²) in [7, 11) is 0.584. The van der Waals surface area contributed by atoms with Gasteiger partial charge < -0.3 is 34.6 Å². The predicted molar refractivity (Wildman–Crippen MR) is 222 cm³/mol. The molecule has 4 heterocycles. The van der Waals surface area contributed by atoms with Crippen LogP contribution in [0.25, 0.3) is 0 Å². The van der Waals surface area contributed by atoms with Crippen LogP contribution in [0.15, 0.2) is 71.8 Å². The van der Waals surface area contributed by atoms with Crippen LogP contribution in [-0.2, 0) is 28.0 Å². The smallest absolute Gasteiger partial charge is 0.362 e. The number of aromatic nitrogens is 2. The molecule has 0 saturated carbocycles. The van der Waals surface area contributed by atoms with Crippen molar-refractivity contribution >= 4 is 94.6 Å². The minimum absolute atomic E-state index is 0.0219. The van der Waals surface area contributed by atoms with Crippen molar-refractivity contribution in [1.82, 2.24) is 25.5 Å². The molecule has 17 nitrogen and oxygen atoms in total. The summed E-state index contributed by atoms with van der Waals surface area (Å²) in [6, 6.07) is 16.2. The zero-order valence-electron chi connectivity index (χ0n) is 32.2. The highest BCUT2D eigenvalue weighted by Crippen LogP contribution is 2.47. The van der Waals surface area contributed by atoms with Crippen LogP contribution in [0.4, 0.5) is 28.8 Å². The van der Waals surface area contributed by atoms with E-state index in [2.05, 4.69) is 36.1 Å². The fourth-order valence-corrected chi connectivity index (χ4v) is 9.39. The molecule has 3 aliphatic heterocycles. The van der Waals surface area contributed by atoms with Crippen molar-refractivity contribution in [2.75, 3.05) is 55.7 Å². The lowest BCUT2D eigenvalue weighted by Gasteiger charge is -2.34. The lowest BCUT2D eigenvalue weighted by molar-refractivity contribution is -0.136. The number of piperidine rings is 2. The zero-order valence-corrected chi connectivity index (χ0v) is 34.6. The first-order valence-corrected chi connectivity index (χ1v) is 21.4. The van der Waals surface area contributed by atoms with Gasteiger partial charge in [0.2, 0.25) is 23.7 Å². The molecule has 0 spiro atoms. The summed E-state index contributed by atoms with van der Waals surface area (Å²) >= 11 is 7.60. The lowest BCUT2D eigenvalue weighted by Crippen LogP contribution is -2.54. The molecule has 3 aromatic carbocycles. The van der Waals surface area contributed by atoms with Crippen molar-refractivity contribution < 1.29 is 42.3 Å². The summed E-state index contributed by atoms with van der Waals surface area (Å²) in [5.41, 5.74) is 2.29. The number of anilines is 5. The first kappa shape index (κ1) is 41.6. The van der Waals surface area contributed by atoms with E-state index in [1.807, 2.05) is 18.2 Å². The molecular weight excluding hydrogens is 823 g/mol. The van der Waals surface area contributed by atoms with E-state index in [0.29, 0.717) is 53.3 Å². The topological polar surface area (TPSA) is 210 Å². The Balaban J connectivity index is 0.935. The van der Waals surface area contributed by atoms with E-state index in [4.69, 9.17) is 25.4 Å². The van der Waals surface area contributed by atoms with Gasteiger partial charge in [-0.15, -0.1) is 11.8 Å². The largest absolute Gasteiger partial charge is 0.494 e. The Morgan fingerprint density at radius 1 is 0.949 bits per heavy atom. The van der Waals surface area contributed by atoms with Gasteiger partial charge in [0.15, 0.2) is 5.82 Å². The van der Waals surface area contributed by atoms with Gasteiger partial charge in [-0.25, -0.2) is 4.98 Å². The second kappa shape index (κ2) is 17.8. The maximum absolute atomic E-state index is 13.4. The van der Waals surface area contributed by atoms with Crippen LogP contribution < -0.4 is 36.2 Å². The number of amides is 5. The number of halogens is 1. The van der Waals surface area contributed by atoms with E-state index in [1.54, 1.807) is 43.5 Å². The summed E-state index contributed by atoms with van der Waals surface area (Å²) in [4.78, 5) is 76.2. The number of methoxy groups -OCH3 is 1. The molecule has 3 aliphatic rings. The molecule has 2 fully saturated rings. The summed E-state index contributed by atoms with van der Waals surface area (Å²) in [5, 5.41) is 12.1. The Labute approximate surface area is 348 Å². The van der Waals surface area contributed by atoms with E-state index in [0.717, 1.165) is 22.3 Å². The molecular formula is C39H40ClN8O9PS. The third-order valence-corrected chi connectivity index (χ3v) is 13.4. The molecule has 1 unspecified atom stereocenters. The first-order valence-electron chi connectivity index (χ1n) is 18.5. The fourth-order valence-electron chi connectivity index (χ4n) is 7.13. The molecule has 4 aromatic rings. The number of para-hydroxylation sites is 1. The van der Waals surface area contributed by atoms with E-state index < -0.39 is 37.3 Å². The highest BCUT2D eigenvalue weighted by Gasteiger charge is 2.45. The SMILES string of the molecule is COc1cc(N2CCC(NC(=O)CSc3cccc4c3C(=O)N(C3CCC(=O)NC3=O)C4=O)CC2)ccc1Nc1ncc(Cl)c(Nc2ccccc2P(=O)(OC)OC)n1. The van der Waals surface area contributed by atoms with Crippen LogP contribution >= 0.6 is 31.0 Å². The number of rotatable bonds is 14. The summed E-state index contributed by atoms with van der Waals surface area (Å²) in [6.45, 7) is 1.34. The maximum Gasteiger partial charge on any atom is 0.362 e. The Kier molecular flexibility index (Phi) is 12.5. The Morgan fingerprint density at radius 3 is 2.44 bits per heavy atom. The van der Waals surface area contributed by atoms with Gasteiger partial charge in [-0.1, -0.05) is 29.8 Å². The minimum Gasteiger partial charge on any atom is -0.494 e. The number of carbonyl (C=O) groups excluding carboxylic acids is 5. The lowest BCUT2D eigenvalue weighted by atomic mass is 10.0. The number of hydrogen-bond acceptors (Lipinski definition) is 15. The van der Waals surface area contributed by atoms with Crippen LogP contribution in [0.5, 0.6) is 5.75 Å². The number of nitrogens with zero attached hydrogens (tertiary/aromatic N) is 4. The fraction of sp³-hybridized carbons (Fsp3) is 0.308. The Bertz CT molecular complexity index is 2370. The molecule has 2 saturated heterocycles. The molecule has 0 aliphatic carbocycles. The van der Waals surface area contributed by atoms with Crippen LogP contribution in [0.3, 0.4) is 0 Å². The number of ether oxygens (including phenoxy) is 1. The average Bonchev–Trinajstić information content (AvgIpc) is 3.50. The summed E-state index contributed by atoms with van der Waals surface area (Å²) < 4.78 is 29.3. The van der Waals surface area contributed by atoms with E-state index >= 15 is 0 Å². The molecule has 1 atom stereocenters. The number of hydrogen-bond donors (Lipinski definition) is 4. The van der Waals surface area contributed by atoms with Gasteiger partial charge in [-0.05, 0) is 55.7 Å². The minimum atomic E-state index is -3.59. The number of imide groups is 2. The van der Waals surface area contributed by atoms with Crippen molar-refractivity contribution in [3.63, 3.8) is 0 Å². The summed E-state index contributed by atoms with van der Waals surface area (Å²) in [5.74, 6) is -1.49. The van der Waals surface area contributed by atoms with Crippen LogP contribution in [0.1, 0.15) is 46.4 Å². The van der Waals surface area contributed by atoms with Gasteiger partial charge >= 0.3 is 7.60 Å². The van der Waals surface area contributed by atoms with Crippen LogP contribution in [0.2, 0.25) is 5.02 Å². The summed E-state index contributed by atoms with van der Waals surface area (Å²) in [6.07, 6.45) is 2.91. The zero-order chi connectivity index (χ0) is 41.8. The van der Waals surface area contributed by atoms with Crippen molar-refractivity contribution in [2.24, 2.45) is 0 Å². The van der Waals surface area contributed by atoms with Gasteiger partial charge in [0.1, 0.15) is 16.8 Å². The highest BCUT2D eigenvalue weighted by molar-refractivity contribution is 8.00. The number of carbonyl (C=O) groups is 5. The second-order valence-corrected chi connectivity index (χ2v) is 17.3. The van der Waals surface area contributed by atoms with Gasteiger partial charge in [-0.3, -0.25) is 38.8 Å².